The van der Waals surface area contributed by atoms with Crippen LogP contribution < -0.4 is 5.73 Å². The molecule has 0 aliphatic carbocycles. The molecule has 2 aromatic heterocycles. The summed E-state index contributed by atoms with van der Waals surface area (Å²) in [7, 11) is 0. The van der Waals surface area contributed by atoms with Gasteiger partial charge in [-0.3, -0.25) is 4.98 Å². The fourth-order valence-corrected chi connectivity index (χ4v) is 2.06. The molecular formula is C13H14ClN3O. The average molecular weight is 264 g/mol. The van der Waals surface area contributed by atoms with Gasteiger partial charge in [0.15, 0.2) is 0 Å². The third-order valence-corrected chi connectivity index (χ3v) is 2.84. The molecule has 3 N–H and O–H groups in total. The number of pyridine rings is 2. The Kier molecular flexibility index (Phi) is 3.50. The first-order valence-electron chi connectivity index (χ1n) is 5.51. The van der Waals surface area contributed by atoms with E-state index in [1.807, 2.05) is 26.0 Å². The Balaban J connectivity index is 2.47. The largest absolute Gasteiger partial charge is 0.384 e. The number of rotatable bonds is 2. The molecule has 18 heavy (non-hydrogen) atoms. The van der Waals surface area contributed by atoms with Crippen LogP contribution in [0.5, 0.6) is 0 Å². The molecule has 0 saturated heterocycles. The Labute approximate surface area is 110 Å². The van der Waals surface area contributed by atoms with Crippen molar-refractivity contribution in [2.24, 2.45) is 0 Å². The molecule has 1 unspecified atom stereocenters. The highest BCUT2D eigenvalue weighted by Gasteiger charge is 2.16. The first-order chi connectivity index (χ1) is 8.47. The smallest absolute Gasteiger partial charge is 0.129 e. The molecule has 0 bridgehead atoms. The fraction of sp³-hybridized carbons (Fsp3) is 0.231. The molecule has 2 aromatic rings. The Morgan fingerprint density at radius 2 is 1.83 bits per heavy atom. The zero-order valence-corrected chi connectivity index (χ0v) is 10.9. The Hall–Kier alpha value is -1.65. The van der Waals surface area contributed by atoms with Gasteiger partial charge in [-0.05, 0) is 37.6 Å². The molecule has 0 radical (unpaired) electrons. The standard InChI is InChI=1S/C13H14ClN3O/c1-7-3-9(4-8(2)17-7)12(18)11-5-10(14)6-16-13(11)15/h3-6,12,18H,1-2H3,(H2,15,16). The van der Waals surface area contributed by atoms with E-state index < -0.39 is 6.10 Å². The van der Waals surface area contributed by atoms with E-state index in [1.54, 1.807) is 6.07 Å². The second-order valence-corrected chi connectivity index (χ2v) is 4.65. The number of nitrogens with two attached hydrogens (primary N) is 1. The van der Waals surface area contributed by atoms with Gasteiger partial charge in [0.05, 0.1) is 5.02 Å². The summed E-state index contributed by atoms with van der Waals surface area (Å²) in [5, 5.41) is 10.8. The van der Waals surface area contributed by atoms with E-state index in [2.05, 4.69) is 9.97 Å². The van der Waals surface area contributed by atoms with E-state index in [1.165, 1.54) is 6.20 Å². The van der Waals surface area contributed by atoms with Crippen molar-refractivity contribution in [2.45, 2.75) is 20.0 Å². The van der Waals surface area contributed by atoms with Crippen molar-refractivity contribution < 1.29 is 5.11 Å². The monoisotopic (exact) mass is 263 g/mol. The molecule has 2 rings (SSSR count). The Morgan fingerprint density at radius 3 is 2.44 bits per heavy atom. The van der Waals surface area contributed by atoms with E-state index in [0.717, 1.165) is 17.0 Å². The van der Waals surface area contributed by atoms with Crippen molar-refractivity contribution in [3.8, 4) is 0 Å². The van der Waals surface area contributed by atoms with Crippen molar-refractivity contribution in [3.63, 3.8) is 0 Å². The molecule has 0 aliphatic heterocycles. The van der Waals surface area contributed by atoms with E-state index >= 15 is 0 Å². The number of aliphatic hydroxyl groups is 1. The highest BCUT2D eigenvalue weighted by atomic mass is 35.5. The van der Waals surface area contributed by atoms with Crippen LogP contribution in [0.4, 0.5) is 5.82 Å². The fourth-order valence-electron chi connectivity index (χ4n) is 1.89. The van der Waals surface area contributed by atoms with Crippen LogP contribution in [0.2, 0.25) is 5.02 Å². The van der Waals surface area contributed by atoms with Crippen molar-refractivity contribution in [1.29, 1.82) is 0 Å². The predicted octanol–water partition coefficient (Wildman–Crippen LogP) is 2.41. The van der Waals surface area contributed by atoms with Crippen LogP contribution in [0.25, 0.3) is 0 Å². The topological polar surface area (TPSA) is 72.0 Å². The van der Waals surface area contributed by atoms with Gasteiger partial charge in [-0.15, -0.1) is 0 Å². The number of nitrogens with zero attached hydrogens (tertiary/aromatic N) is 2. The molecule has 2 heterocycles. The van der Waals surface area contributed by atoms with E-state index in [-0.39, 0.29) is 5.82 Å². The second kappa shape index (κ2) is 4.92. The van der Waals surface area contributed by atoms with Gasteiger partial charge < -0.3 is 10.8 Å². The lowest BCUT2D eigenvalue weighted by Gasteiger charge is -2.14. The summed E-state index contributed by atoms with van der Waals surface area (Å²) in [5.74, 6) is 0.277. The second-order valence-electron chi connectivity index (χ2n) is 4.21. The normalized spacial score (nSPS) is 12.4. The van der Waals surface area contributed by atoms with Crippen molar-refractivity contribution >= 4 is 17.4 Å². The molecule has 4 nitrogen and oxygen atoms in total. The maximum absolute atomic E-state index is 10.3. The van der Waals surface area contributed by atoms with Crippen LogP contribution in [0, 0.1) is 13.8 Å². The van der Waals surface area contributed by atoms with Crippen molar-refractivity contribution in [2.75, 3.05) is 5.73 Å². The molecule has 94 valence electrons. The van der Waals surface area contributed by atoms with Gasteiger partial charge in [0, 0.05) is 23.1 Å². The van der Waals surface area contributed by atoms with E-state index in [4.69, 9.17) is 17.3 Å². The molecule has 0 saturated carbocycles. The summed E-state index contributed by atoms with van der Waals surface area (Å²) in [6.45, 7) is 3.76. The van der Waals surface area contributed by atoms with Gasteiger partial charge in [-0.1, -0.05) is 11.6 Å². The first kappa shape index (κ1) is 12.8. The SMILES string of the molecule is Cc1cc(C(O)c2cc(Cl)cnc2N)cc(C)n1. The summed E-state index contributed by atoms with van der Waals surface area (Å²) in [5.41, 5.74) is 8.69. The number of aliphatic hydroxyl groups excluding tert-OH is 1. The number of nitrogen functional groups attached to an aromatic ring is 1. The molecule has 0 fully saturated rings. The van der Waals surface area contributed by atoms with Crippen LogP contribution in [0.1, 0.15) is 28.6 Å². The zero-order valence-electron chi connectivity index (χ0n) is 10.2. The summed E-state index contributed by atoms with van der Waals surface area (Å²) < 4.78 is 0. The number of halogens is 1. The van der Waals surface area contributed by atoms with Gasteiger partial charge in [0.2, 0.25) is 0 Å². The maximum atomic E-state index is 10.3. The highest BCUT2D eigenvalue weighted by molar-refractivity contribution is 6.30. The number of aryl methyl sites for hydroxylation is 2. The number of hydrogen-bond acceptors (Lipinski definition) is 4. The molecular weight excluding hydrogens is 250 g/mol. The van der Waals surface area contributed by atoms with Crippen LogP contribution in [-0.2, 0) is 0 Å². The van der Waals surface area contributed by atoms with Crippen molar-refractivity contribution in [1.82, 2.24) is 9.97 Å². The minimum absolute atomic E-state index is 0.277. The summed E-state index contributed by atoms with van der Waals surface area (Å²) in [6, 6.07) is 5.26. The minimum Gasteiger partial charge on any atom is -0.384 e. The molecule has 0 aliphatic rings. The van der Waals surface area contributed by atoms with Crippen molar-refractivity contribution in [3.05, 3.63) is 51.9 Å². The van der Waals surface area contributed by atoms with Gasteiger partial charge in [-0.2, -0.15) is 0 Å². The lowest BCUT2D eigenvalue weighted by atomic mass is 10.0. The summed E-state index contributed by atoms with van der Waals surface area (Å²) in [4.78, 5) is 8.21. The maximum Gasteiger partial charge on any atom is 0.129 e. The minimum atomic E-state index is -0.850. The van der Waals surface area contributed by atoms with Crippen LogP contribution in [0.15, 0.2) is 24.4 Å². The van der Waals surface area contributed by atoms with Gasteiger partial charge in [0.25, 0.3) is 0 Å². The molecule has 5 heteroatoms. The molecule has 0 aromatic carbocycles. The first-order valence-corrected chi connectivity index (χ1v) is 5.89. The summed E-state index contributed by atoms with van der Waals surface area (Å²) in [6.07, 6.45) is 0.604. The number of hydrogen-bond donors (Lipinski definition) is 2. The van der Waals surface area contributed by atoms with E-state index in [0.29, 0.717) is 10.6 Å². The molecule has 0 spiro atoms. The van der Waals surface area contributed by atoms with E-state index in [9.17, 15) is 5.11 Å². The average Bonchev–Trinajstić information content (AvgIpc) is 2.30. The van der Waals surface area contributed by atoms with Crippen LogP contribution in [-0.4, -0.2) is 15.1 Å². The Bertz CT molecular complexity index is 566. The third-order valence-electron chi connectivity index (χ3n) is 2.63. The quantitative estimate of drug-likeness (QED) is 0.873. The predicted molar refractivity (Wildman–Crippen MR) is 71.4 cm³/mol. The Morgan fingerprint density at radius 1 is 1.22 bits per heavy atom. The lowest BCUT2D eigenvalue weighted by Crippen LogP contribution is -2.06. The molecule has 0 amide bonds. The lowest BCUT2D eigenvalue weighted by molar-refractivity contribution is 0.220. The third kappa shape index (κ3) is 2.60. The zero-order chi connectivity index (χ0) is 13.3. The number of anilines is 1. The van der Waals surface area contributed by atoms with Gasteiger partial charge in [0.1, 0.15) is 11.9 Å². The summed E-state index contributed by atoms with van der Waals surface area (Å²) >= 11 is 5.87. The van der Waals surface area contributed by atoms with Crippen LogP contribution in [0.3, 0.4) is 0 Å². The van der Waals surface area contributed by atoms with Gasteiger partial charge in [-0.25, -0.2) is 4.98 Å². The number of aromatic nitrogens is 2. The van der Waals surface area contributed by atoms with Gasteiger partial charge >= 0.3 is 0 Å². The molecule has 1 atom stereocenters. The highest BCUT2D eigenvalue weighted by Crippen LogP contribution is 2.28. The van der Waals surface area contributed by atoms with Crippen LogP contribution >= 0.6 is 11.6 Å².